The van der Waals surface area contributed by atoms with Gasteiger partial charge in [0.2, 0.25) is 5.95 Å². The normalized spacial score (nSPS) is 24.5. The predicted octanol–water partition coefficient (Wildman–Crippen LogP) is 1.58. The number of carbonyl (C=O) groups is 1. The van der Waals surface area contributed by atoms with E-state index in [1.807, 2.05) is 29.3 Å². The molecule has 2 bridgehead atoms. The Morgan fingerprint density at radius 3 is 3.08 bits per heavy atom. The van der Waals surface area contributed by atoms with Crippen molar-refractivity contribution in [1.82, 2.24) is 24.8 Å². The molecule has 1 unspecified atom stereocenters. The lowest BCUT2D eigenvalue weighted by molar-refractivity contribution is -0.144. The minimum atomic E-state index is -0.285. The highest BCUT2D eigenvalue weighted by atomic mass is 16.6. The first-order valence-electron chi connectivity index (χ1n) is 8.89. The number of nitrogens with one attached hydrogen (secondary N) is 2. The molecule has 3 aliphatic rings. The Labute approximate surface area is 148 Å². The van der Waals surface area contributed by atoms with Crippen molar-refractivity contribution in [1.29, 1.82) is 0 Å². The lowest BCUT2D eigenvalue weighted by Gasteiger charge is -2.25. The van der Waals surface area contributed by atoms with Gasteiger partial charge in [-0.2, -0.15) is 10.1 Å². The van der Waals surface area contributed by atoms with Gasteiger partial charge in [0, 0.05) is 30.3 Å². The van der Waals surface area contributed by atoms with Gasteiger partial charge >= 0.3 is 5.97 Å². The van der Waals surface area contributed by atoms with E-state index in [2.05, 4.69) is 20.6 Å². The van der Waals surface area contributed by atoms with E-state index < -0.39 is 0 Å². The maximum absolute atomic E-state index is 11.9. The number of nitrogens with zero attached hydrogens (tertiary/aromatic N) is 5. The molecule has 2 atom stereocenters. The highest BCUT2D eigenvalue weighted by Gasteiger charge is 2.47. The molecule has 9 heteroatoms. The Morgan fingerprint density at radius 1 is 1.35 bits per heavy atom. The Morgan fingerprint density at radius 2 is 2.27 bits per heavy atom. The molecule has 9 nitrogen and oxygen atoms in total. The van der Waals surface area contributed by atoms with Crippen molar-refractivity contribution in [2.24, 2.45) is 0 Å². The van der Waals surface area contributed by atoms with E-state index in [1.165, 1.54) is 12.8 Å². The van der Waals surface area contributed by atoms with Gasteiger partial charge in [-0.3, -0.25) is 5.10 Å². The molecule has 1 saturated carbocycles. The number of aromatic nitrogens is 5. The number of morpholine rings is 1. The number of esters is 1. The summed E-state index contributed by atoms with van der Waals surface area (Å²) >= 11 is 0. The van der Waals surface area contributed by atoms with Crippen molar-refractivity contribution in [3.05, 3.63) is 30.1 Å². The standard InChI is InChI=1S/C17H17N7O2/c25-16-13-6-10(26-16)8-23(13)17-19-15(12-2-1-5-24(12)22-17)18-14-7-11(20-21-14)9-3-4-9/h1-2,5,7,9-10,13H,3-4,6,8H2,(H2,18,19,20,21,22)/t10-,13?/m0/s1. The third-order valence-corrected chi connectivity index (χ3v) is 5.32. The van der Waals surface area contributed by atoms with Crippen LogP contribution in [0.15, 0.2) is 24.4 Å². The third-order valence-electron chi connectivity index (χ3n) is 5.32. The summed E-state index contributed by atoms with van der Waals surface area (Å²) in [7, 11) is 0. The van der Waals surface area contributed by atoms with Crippen LogP contribution in [0.5, 0.6) is 0 Å². The second-order valence-electron chi connectivity index (χ2n) is 7.17. The van der Waals surface area contributed by atoms with E-state index in [9.17, 15) is 4.79 Å². The molecule has 5 heterocycles. The van der Waals surface area contributed by atoms with E-state index in [1.54, 1.807) is 4.52 Å². The van der Waals surface area contributed by atoms with Crippen LogP contribution < -0.4 is 10.2 Å². The molecule has 2 N–H and O–H groups in total. The molecular weight excluding hydrogens is 334 g/mol. The summed E-state index contributed by atoms with van der Waals surface area (Å²) in [6, 6.07) is 5.62. The minimum absolute atomic E-state index is 0.0553. The smallest absolute Gasteiger partial charge is 0.329 e. The molecule has 3 aromatic rings. The fourth-order valence-electron chi connectivity index (χ4n) is 3.83. The van der Waals surface area contributed by atoms with E-state index >= 15 is 0 Å². The number of carbonyl (C=O) groups excluding carboxylic acids is 1. The highest BCUT2D eigenvalue weighted by molar-refractivity contribution is 5.84. The molecule has 0 spiro atoms. The lowest BCUT2D eigenvalue weighted by atomic mass is 10.2. The van der Waals surface area contributed by atoms with Crippen molar-refractivity contribution in [3.63, 3.8) is 0 Å². The fraction of sp³-hybridized carbons (Fsp3) is 0.412. The van der Waals surface area contributed by atoms with Gasteiger partial charge in [-0.1, -0.05) is 0 Å². The van der Waals surface area contributed by atoms with Crippen LogP contribution in [-0.2, 0) is 9.53 Å². The summed E-state index contributed by atoms with van der Waals surface area (Å²) in [4.78, 5) is 18.6. The average molecular weight is 351 g/mol. The number of fused-ring (bicyclic) bond motifs is 3. The van der Waals surface area contributed by atoms with Gasteiger partial charge in [0.25, 0.3) is 0 Å². The van der Waals surface area contributed by atoms with Crippen LogP contribution in [0.1, 0.15) is 30.9 Å². The highest BCUT2D eigenvalue weighted by Crippen LogP contribution is 2.40. The molecule has 0 aromatic carbocycles. The van der Waals surface area contributed by atoms with Crippen molar-refractivity contribution in [3.8, 4) is 0 Å². The molecule has 3 fully saturated rings. The zero-order valence-corrected chi connectivity index (χ0v) is 13.9. The molecule has 3 aromatic heterocycles. The van der Waals surface area contributed by atoms with Crippen LogP contribution in [0.3, 0.4) is 0 Å². The number of H-pyrrole nitrogens is 1. The summed E-state index contributed by atoms with van der Waals surface area (Å²) in [6.07, 6.45) is 4.96. The minimum Gasteiger partial charge on any atom is -0.459 e. The van der Waals surface area contributed by atoms with Crippen molar-refractivity contribution in [2.45, 2.75) is 37.3 Å². The molecule has 132 valence electrons. The molecule has 26 heavy (non-hydrogen) atoms. The van der Waals surface area contributed by atoms with E-state index in [0.29, 0.717) is 30.6 Å². The Kier molecular flexibility index (Phi) is 2.69. The third kappa shape index (κ3) is 2.09. The van der Waals surface area contributed by atoms with Crippen LogP contribution in [0.4, 0.5) is 17.6 Å². The summed E-state index contributed by atoms with van der Waals surface area (Å²) in [5.74, 6) is 2.36. The molecule has 0 amide bonds. The van der Waals surface area contributed by atoms with Gasteiger partial charge < -0.3 is 15.0 Å². The van der Waals surface area contributed by atoms with Crippen LogP contribution in [0.2, 0.25) is 0 Å². The number of aromatic amines is 1. The summed E-state index contributed by atoms with van der Waals surface area (Å²) in [6.45, 7) is 0.636. The van der Waals surface area contributed by atoms with E-state index in [4.69, 9.17) is 9.72 Å². The zero-order valence-electron chi connectivity index (χ0n) is 13.9. The average Bonchev–Trinajstić information content (AvgIpc) is 3.03. The second-order valence-corrected chi connectivity index (χ2v) is 7.17. The monoisotopic (exact) mass is 351 g/mol. The largest absolute Gasteiger partial charge is 0.459 e. The quantitative estimate of drug-likeness (QED) is 0.688. The topological polar surface area (TPSA) is 100 Å². The van der Waals surface area contributed by atoms with Gasteiger partial charge in [-0.15, -0.1) is 5.10 Å². The fourth-order valence-corrected chi connectivity index (χ4v) is 3.83. The Balaban J connectivity index is 1.38. The first-order chi connectivity index (χ1) is 12.7. The molecule has 1 aliphatic carbocycles. The number of hydrogen-bond acceptors (Lipinski definition) is 7. The summed E-state index contributed by atoms with van der Waals surface area (Å²) < 4.78 is 7.04. The second kappa shape index (κ2) is 4.96. The van der Waals surface area contributed by atoms with Gasteiger partial charge in [-0.25, -0.2) is 9.31 Å². The van der Waals surface area contributed by atoms with Gasteiger partial charge in [-0.05, 0) is 25.0 Å². The number of anilines is 3. The molecule has 6 rings (SSSR count). The van der Waals surface area contributed by atoms with Crippen LogP contribution in [0.25, 0.3) is 5.52 Å². The Bertz CT molecular complexity index is 1020. The van der Waals surface area contributed by atoms with Gasteiger partial charge in [0.05, 0.1) is 6.54 Å². The number of hydrogen-bond donors (Lipinski definition) is 2. The summed E-state index contributed by atoms with van der Waals surface area (Å²) in [5, 5.41) is 15.3. The Hall–Kier alpha value is -3.10. The zero-order chi connectivity index (χ0) is 17.3. The maximum atomic E-state index is 11.9. The predicted molar refractivity (Wildman–Crippen MR) is 92.5 cm³/mol. The van der Waals surface area contributed by atoms with Gasteiger partial charge in [0.1, 0.15) is 17.7 Å². The maximum Gasteiger partial charge on any atom is 0.329 e. The van der Waals surface area contributed by atoms with Crippen LogP contribution in [-0.4, -0.2) is 49.5 Å². The molecule has 2 saturated heterocycles. The van der Waals surface area contributed by atoms with Crippen molar-refractivity contribution < 1.29 is 9.53 Å². The van der Waals surface area contributed by atoms with Crippen molar-refractivity contribution >= 4 is 29.1 Å². The van der Waals surface area contributed by atoms with Gasteiger partial charge in [0.15, 0.2) is 11.6 Å². The summed E-state index contributed by atoms with van der Waals surface area (Å²) in [5.41, 5.74) is 2.02. The van der Waals surface area contributed by atoms with Crippen molar-refractivity contribution in [2.75, 3.05) is 16.8 Å². The van der Waals surface area contributed by atoms with E-state index in [-0.39, 0.29) is 18.1 Å². The number of rotatable bonds is 4. The first-order valence-corrected chi connectivity index (χ1v) is 8.89. The van der Waals surface area contributed by atoms with Crippen LogP contribution >= 0.6 is 0 Å². The SMILES string of the molecule is O=C1O[C@H]2CC1N(c1nc(Nc3cc(C4CC4)[nH]n3)c3cccn3n1)C2. The molecule has 0 radical (unpaired) electrons. The molecule has 2 aliphatic heterocycles. The lowest BCUT2D eigenvalue weighted by Crippen LogP contribution is -2.41. The molecular formula is C17H17N7O2. The van der Waals surface area contributed by atoms with Crippen LogP contribution in [0, 0.1) is 0 Å². The van der Waals surface area contributed by atoms with E-state index in [0.717, 1.165) is 17.0 Å². The first kappa shape index (κ1) is 14.1. The number of ether oxygens (including phenoxy) is 1.